The highest BCUT2D eigenvalue weighted by atomic mass is 16.3. The summed E-state index contributed by atoms with van der Waals surface area (Å²) in [5.41, 5.74) is -0.732. The first-order valence-corrected chi connectivity index (χ1v) is 10.5. The molecule has 1 saturated carbocycles. The van der Waals surface area contributed by atoms with Crippen LogP contribution in [0.25, 0.3) is 0 Å². The molecule has 0 spiro atoms. The molecule has 0 bridgehead atoms. The third kappa shape index (κ3) is 5.74. The molecule has 2 aromatic carbocycles. The lowest BCUT2D eigenvalue weighted by Gasteiger charge is -2.34. The van der Waals surface area contributed by atoms with E-state index in [-0.39, 0.29) is 0 Å². The highest BCUT2D eigenvalue weighted by molar-refractivity contribution is 5.43. The van der Waals surface area contributed by atoms with Crippen LogP contribution in [0.5, 0.6) is 0 Å². The van der Waals surface area contributed by atoms with Gasteiger partial charge in [0.05, 0.1) is 0 Å². The fraction of sp³-hybridized carbons (Fsp3) is 0.407. The summed E-state index contributed by atoms with van der Waals surface area (Å²) in [6.07, 6.45) is 18.6. The summed E-state index contributed by atoms with van der Waals surface area (Å²) in [6.45, 7) is 2.07. The van der Waals surface area contributed by atoms with Gasteiger partial charge in [0.1, 0.15) is 5.60 Å². The molecule has 2 aromatic rings. The molecule has 0 amide bonds. The second kappa shape index (κ2) is 10.9. The zero-order valence-electron chi connectivity index (χ0n) is 17.3. The van der Waals surface area contributed by atoms with Crippen LogP contribution in [0, 0.1) is 30.6 Å². The van der Waals surface area contributed by atoms with Gasteiger partial charge in [-0.3, -0.25) is 0 Å². The Kier molecular flexibility index (Phi) is 8.53. The minimum Gasteiger partial charge on any atom is -0.377 e. The first-order valence-electron chi connectivity index (χ1n) is 10.5. The molecule has 29 heavy (non-hydrogen) atoms. The topological polar surface area (TPSA) is 40.5 Å². The van der Waals surface area contributed by atoms with Gasteiger partial charge in [-0.25, -0.2) is 0 Å². The molecule has 2 nitrogen and oxygen atoms in total. The van der Waals surface area contributed by atoms with Crippen molar-refractivity contribution in [1.82, 2.24) is 0 Å². The van der Waals surface area contributed by atoms with E-state index in [2.05, 4.69) is 18.8 Å². The van der Waals surface area contributed by atoms with Crippen molar-refractivity contribution in [3.63, 3.8) is 0 Å². The lowest BCUT2D eigenvalue weighted by atomic mass is 9.75. The van der Waals surface area contributed by atoms with Gasteiger partial charge in [0.2, 0.25) is 0 Å². The predicted octanol–water partition coefficient (Wildman–Crippen LogP) is 5.29. The van der Waals surface area contributed by atoms with Crippen LogP contribution in [0.15, 0.2) is 60.7 Å². The maximum atomic E-state index is 10.5. The van der Waals surface area contributed by atoms with E-state index in [1.807, 2.05) is 60.7 Å². The Morgan fingerprint density at radius 1 is 0.828 bits per heavy atom. The van der Waals surface area contributed by atoms with E-state index >= 15 is 0 Å². The molecule has 1 aliphatic rings. The van der Waals surface area contributed by atoms with Crippen LogP contribution in [0.1, 0.15) is 63.0 Å². The van der Waals surface area contributed by atoms with Gasteiger partial charge in [-0.05, 0) is 25.2 Å². The normalized spacial score (nSPS) is 16.4. The molecular formula is C27H32O2. The summed E-state index contributed by atoms with van der Waals surface area (Å²) in [6, 6.07) is 18.5. The summed E-state index contributed by atoms with van der Waals surface area (Å²) in [7, 11) is 0. The van der Waals surface area contributed by atoms with E-state index in [1.165, 1.54) is 19.3 Å². The Morgan fingerprint density at radius 3 is 1.69 bits per heavy atom. The molecule has 1 unspecified atom stereocenters. The fourth-order valence-electron chi connectivity index (χ4n) is 4.05. The molecule has 2 N–H and O–H groups in total. The van der Waals surface area contributed by atoms with Crippen LogP contribution in [-0.2, 0) is 5.60 Å². The molecule has 0 aromatic heterocycles. The molecule has 3 rings (SSSR count). The van der Waals surface area contributed by atoms with E-state index in [4.69, 9.17) is 12.8 Å². The number of aliphatic hydroxyl groups is 2. The third-order valence-corrected chi connectivity index (χ3v) is 5.75. The summed E-state index contributed by atoms with van der Waals surface area (Å²) in [4.78, 5) is 0. The Hall–Kier alpha value is -2.52. The van der Waals surface area contributed by atoms with Crippen molar-refractivity contribution in [2.24, 2.45) is 5.92 Å². The van der Waals surface area contributed by atoms with Crippen LogP contribution in [0.3, 0.4) is 0 Å². The smallest absolute Gasteiger partial charge is 0.176 e. The predicted molar refractivity (Wildman–Crippen MR) is 120 cm³/mol. The summed E-state index contributed by atoms with van der Waals surface area (Å²) >= 11 is 0. The summed E-state index contributed by atoms with van der Waals surface area (Å²) in [5.74, 6) is 5.42. The van der Waals surface area contributed by atoms with E-state index in [0.29, 0.717) is 17.0 Å². The average Bonchev–Trinajstić information content (AvgIpc) is 2.81. The van der Waals surface area contributed by atoms with Crippen molar-refractivity contribution in [3.05, 3.63) is 71.8 Å². The van der Waals surface area contributed by atoms with Gasteiger partial charge >= 0.3 is 0 Å². The molecule has 152 valence electrons. The molecule has 2 heteroatoms. The first kappa shape index (κ1) is 22.8. The Morgan fingerprint density at radius 2 is 1.31 bits per heavy atom. The minimum atomic E-state index is -1.34. The first-order chi connectivity index (χ1) is 14.0. The van der Waals surface area contributed by atoms with Crippen LogP contribution >= 0.6 is 0 Å². The Balaban J connectivity index is 0.000000212. The molecule has 1 atom stereocenters. The highest BCUT2D eigenvalue weighted by Gasteiger charge is 2.34. The Bertz CT molecular complexity index is 768. The second-order valence-corrected chi connectivity index (χ2v) is 7.74. The number of benzene rings is 2. The number of rotatable bonds is 5. The van der Waals surface area contributed by atoms with Crippen LogP contribution in [0.4, 0.5) is 0 Å². The second-order valence-electron chi connectivity index (χ2n) is 7.74. The SMILES string of the molecule is C#CC(O)(CCC)C1CCCCC1.C#CC(O)(c1ccccc1)c1ccccc1. The number of hydrogen-bond acceptors (Lipinski definition) is 2. The fourth-order valence-corrected chi connectivity index (χ4v) is 4.05. The van der Waals surface area contributed by atoms with Crippen molar-refractivity contribution in [3.8, 4) is 24.7 Å². The summed E-state index contributed by atoms with van der Waals surface area (Å²) in [5, 5.41) is 20.7. The monoisotopic (exact) mass is 388 g/mol. The van der Waals surface area contributed by atoms with Gasteiger partial charge < -0.3 is 10.2 Å². The zero-order valence-corrected chi connectivity index (χ0v) is 17.3. The molecular weight excluding hydrogens is 356 g/mol. The molecule has 0 heterocycles. The van der Waals surface area contributed by atoms with Crippen molar-refractivity contribution < 1.29 is 10.2 Å². The van der Waals surface area contributed by atoms with Crippen molar-refractivity contribution in [1.29, 1.82) is 0 Å². The maximum Gasteiger partial charge on any atom is 0.176 e. The van der Waals surface area contributed by atoms with Gasteiger partial charge in [0.25, 0.3) is 0 Å². The van der Waals surface area contributed by atoms with Gasteiger partial charge in [-0.15, -0.1) is 12.8 Å². The third-order valence-electron chi connectivity index (χ3n) is 5.75. The molecule has 0 radical (unpaired) electrons. The Labute approximate surface area is 176 Å². The quantitative estimate of drug-likeness (QED) is 0.684. The lowest BCUT2D eigenvalue weighted by molar-refractivity contribution is 0.0119. The zero-order chi connectivity index (χ0) is 21.2. The van der Waals surface area contributed by atoms with E-state index in [1.54, 1.807) is 0 Å². The minimum absolute atomic E-state index is 0.353. The van der Waals surface area contributed by atoms with Crippen molar-refractivity contribution in [2.75, 3.05) is 0 Å². The van der Waals surface area contributed by atoms with E-state index < -0.39 is 11.2 Å². The van der Waals surface area contributed by atoms with Gasteiger partial charge in [-0.1, -0.05) is 105 Å². The lowest BCUT2D eigenvalue weighted by Crippen LogP contribution is -2.37. The van der Waals surface area contributed by atoms with E-state index in [9.17, 15) is 10.2 Å². The summed E-state index contributed by atoms with van der Waals surface area (Å²) < 4.78 is 0. The van der Waals surface area contributed by atoms with Gasteiger partial charge in [0, 0.05) is 11.1 Å². The van der Waals surface area contributed by atoms with Crippen LogP contribution < -0.4 is 0 Å². The largest absolute Gasteiger partial charge is 0.377 e. The maximum absolute atomic E-state index is 10.5. The highest BCUT2D eigenvalue weighted by Crippen LogP contribution is 2.35. The average molecular weight is 389 g/mol. The molecule has 1 fully saturated rings. The number of hydrogen-bond donors (Lipinski definition) is 2. The van der Waals surface area contributed by atoms with Crippen LogP contribution in [-0.4, -0.2) is 15.8 Å². The van der Waals surface area contributed by atoms with Crippen molar-refractivity contribution >= 4 is 0 Å². The van der Waals surface area contributed by atoms with E-state index in [0.717, 1.165) is 25.7 Å². The van der Waals surface area contributed by atoms with Gasteiger partial charge in [0.15, 0.2) is 5.60 Å². The number of terminal acetylenes is 2. The van der Waals surface area contributed by atoms with Gasteiger partial charge in [-0.2, -0.15) is 0 Å². The molecule has 1 aliphatic carbocycles. The standard InChI is InChI=1S/C15H12O.C12H20O/c1-2-15(16,13-9-5-3-6-10-13)14-11-7-4-8-12-14;1-3-10-12(13,4-2)11-8-6-5-7-9-11/h1,3-12,16H;2,11,13H,3,5-10H2,1H3. The molecule has 0 saturated heterocycles. The van der Waals surface area contributed by atoms with Crippen molar-refractivity contribution in [2.45, 2.75) is 63.1 Å². The van der Waals surface area contributed by atoms with Crippen LogP contribution in [0.2, 0.25) is 0 Å². The molecule has 0 aliphatic heterocycles.